The average molecular weight is 258 g/mol. The van der Waals surface area contributed by atoms with Gasteiger partial charge in [-0.1, -0.05) is 5.16 Å². The van der Waals surface area contributed by atoms with Crippen molar-refractivity contribution in [2.75, 3.05) is 0 Å². The van der Waals surface area contributed by atoms with Crippen molar-refractivity contribution in [2.24, 2.45) is 12.2 Å². The van der Waals surface area contributed by atoms with Gasteiger partial charge in [0, 0.05) is 13.5 Å². The number of oxime groups is 1. The third kappa shape index (κ3) is 2.43. The van der Waals surface area contributed by atoms with Gasteiger partial charge in [-0.25, -0.2) is 4.39 Å². The zero-order valence-corrected chi connectivity index (χ0v) is 10.9. The molecule has 1 atom stereocenters. The molecule has 5 nitrogen and oxygen atoms in total. The lowest BCUT2D eigenvalue weighted by Crippen LogP contribution is -2.20. The third-order valence-corrected chi connectivity index (χ3v) is 3.07. The number of aromatic nitrogens is 3. The predicted molar refractivity (Wildman–Crippen MR) is 64.8 cm³/mol. The van der Waals surface area contributed by atoms with Crippen LogP contribution < -0.4 is 0 Å². The Labute approximate surface area is 104 Å². The van der Waals surface area contributed by atoms with Gasteiger partial charge in [0.15, 0.2) is 0 Å². The molecule has 1 aromatic rings. The van der Waals surface area contributed by atoms with Gasteiger partial charge in [-0.05, 0) is 13.8 Å². The van der Waals surface area contributed by atoms with Crippen LogP contribution in [0.25, 0.3) is 0 Å². The smallest absolute Gasteiger partial charge is 0.137 e. The third-order valence-electron chi connectivity index (χ3n) is 2.53. The Morgan fingerprint density at radius 3 is 2.76 bits per heavy atom. The Morgan fingerprint density at radius 2 is 2.24 bits per heavy atom. The number of rotatable bonds is 3. The quantitative estimate of drug-likeness (QED) is 0.841. The number of nitrogens with zero attached hydrogens (tertiary/aromatic N) is 4. The number of alkyl halides is 1. The summed E-state index contributed by atoms with van der Waals surface area (Å²) in [7, 11) is 1.65. The largest absolute Gasteiger partial charge is 0.389 e. The van der Waals surface area contributed by atoms with Crippen LogP contribution in [0.5, 0.6) is 0 Å². The molecule has 0 amide bonds. The van der Waals surface area contributed by atoms with E-state index in [1.165, 1.54) is 4.80 Å². The first-order valence-electron chi connectivity index (χ1n) is 5.32. The van der Waals surface area contributed by atoms with Crippen LogP contribution in [0.2, 0.25) is 0 Å². The molecule has 94 valence electrons. The summed E-state index contributed by atoms with van der Waals surface area (Å²) in [4.78, 5) is 6.61. The minimum atomic E-state index is -0.655. The van der Waals surface area contributed by atoms with E-state index < -0.39 is 6.67 Å². The first kappa shape index (κ1) is 12.3. The van der Waals surface area contributed by atoms with E-state index in [2.05, 4.69) is 28.0 Å². The molecule has 0 N–H and O–H groups in total. The van der Waals surface area contributed by atoms with Gasteiger partial charge in [0.2, 0.25) is 0 Å². The van der Waals surface area contributed by atoms with Crippen LogP contribution >= 0.6 is 12.6 Å². The zero-order valence-electron chi connectivity index (χ0n) is 10.0. The molecule has 17 heavy (non-hydrogen) atoms. The molecule has 0 spiro atoms. The van der Waals surface area contributed by atoms with E-state index >= 15 is 0 Å². The summed E-state index contributed by atoms with van der Waals surface area (Å²) in [6.07, 6.45) is 0.656. The molecule has 0 aromatic carbocycles. The molecule has 1 unspecified atom stereocenters. The Hall–Kier alpha value is -1.11. The first-order valence-corrected chi connectivity index (χ1v) is 5.83. The van der Waals surface area contributed by atoms with Crippen molar-refractivity contribution in [1.82, 2.24) is 15.0 Å². The fourth-order valence-electron chi connectivity index (χ4n) is 1.76. The number of thiol groups is 1. The van der Waals surface area contributed by atoms with Gasteiger partial charge in [-0.15, -0.1) is 0 Å². The summed E-state index contributed by atoms with van der Waals surface area (Å²) in [5.41, 5.74) is 1.25. The second kappa shape index (κ2) is 4.29. The van der Waals surface area contributed by atoms with Gasteiger partial charge in [-0.2, -0.15) is 27.6 Å². The second-order valence-corrected chi connectivity index (χ2v) is 5.18. The minimum Gasteiger partial charge on any atom is -0.389 e. The maximum absolute atomic E-state index is 12.8. The molecular weight excluding hydrogens is 243 g/mol. The highest BCUT2D eigenvalue weighted by atomic mass is 32.1. The summed E-state index contributed by atoms with van der Waals surface area (Å²) < 4.78 is 12.8. The van der Waals surface area contributed by atoms with Crippen molar-refractivity contribution in [3.63, 3.8) is 0 Å². The van der Waals surface area contributed by atoms with E-state index in [0.29, 0.717) is 17.8 Å². The topological polar surface area (TPSA) is 52.3 Å². The fourth-order valence-corrected chi connectivity index (χ4v) is 2.10. The van der Waals surface area contributed by atoms with Gasteiger partial charge < -0.3 is 4.84 Å². The van der Waals surface area contributed by atoms with Crippen LogP contribution in [0, 0.1) is 0 Å². The van der Waals surface area contributed by atoms with E-state index in [0.717, 1.165) is 5.71 Å². The number of hydrogen-bond acceptors (Lipinski definition) is 5. The van der Waals surface area contributed by atoms with Gasteiger partial charge in [-0.3, -0.25) is 0 Å². The van der Waals surface area contributed by atoms with Gasteiger partial charge >= 0.3 is 0 Å². The molecular formula is C10H15FN4OS. The lowest BCUT2D eigenvalue weighted by molar-refractivity contribution is 0.0123. The molecule has 0 saturated heterocycles. The monoisotopic (exact) mass is 258 g/mol. The van der Waals surface area contributed by atoms with E-state index in [4.69, 9.17) is 4.84 Å². The predicted octanol–water partition coefficient (Wildman–Crippen LogP) is 1.81. The van der Waals surface area contributed by atoms with Crippen LogP contribution in [0.4, 0.5) is 4.39 Å². The van der Waals surface area contributed by atoms with Crippen molar-refractivity contribution in [2.45, 2.75) is 37.8 Å². The second-order valence-electron chi connectivity index (χ2n) is 4.67. The standard InChI is InChI=1S/C10H15FN4OS/c1-10(2)4-6(14-16-10)9(17)8-7(5-11)12-15(3)13-8/h9,17H,4-5H2,1-3H3. The van der Waals surface area contributed by atoms with Crippen molar-refractivity contribution in [1.29, 1.82) is 0 Å². The number of halogens is 1. The maximum atomic E-state index is 12.8. The molecule has 0 saturated carbocycles. The lowest BCUT2D eigenvalue weighted by atomic mass is 9.99. The van der Waals surface area contributed by atoms with Gasteiger partial charge in [0.05, 0.1) is 11.0 Å². The molecule has 1 aliphatic heterocycles. The van der Waals surface area contributed by atoms with Crippen LogP contribution in [-0.4, -0.2) is 26.3 Å². The molecule has 0 bridgehead atoms. The normalized spacial score (nSPS) is 19.9. The fraction of sp³-hybridized carbons (Fsp3) is 0.700. The summed E-state index contributed by atoms with van der Waals surface area (Å²) in [6, 6.07) is 0. The molecule has 0 radical (unpaired) electrons. The Kier molecular flexibility index (Phi) is 3.11. The minimum absolute atomic E-state index is 0.305. The number of aryl methyl sites for hydroxylation is 1. The van der Waals surface area contributed by atoms with E-state index in [1.54, 1.807) is 7.05 Å². The molecule has 0 aliphatic carbocycles. The van der Waals surface area contributed by atoms with Crippen molar-refractivity contribution < 1.29 is 9.23 Å². The van der Waals surface area contributed by atoms with Crippen LogP contribution in [0.1, 0.15) is 36.9 Å². The maximum Gasteiger partial charge on any atom is 0.137 e. The van der Waals surface area contributed by atoms with Crippen LogP contribution in [0.3, 0.4) is 0 Å². The Balaban J connectivity index is 2.23. The average Bonchev–Trinajstić information content (AvgIpc) is 2.80. The van der Waals surface area contributed by atoms with Gasteiger partial charge in [0.1, 0.15) is 23.7 Å². The summed E-state index contributed by atoms with van der Waals surface area (Å²) in [5.74, 6) is 0. The highest BCUT2D eigenvalue weighted by Crippen LogP contribution is 2.32. The molecule has 1 aliphatic rings. The molecule has 2 rings (SSSR count). The Morgan fingerprint density at radius 1 is 1.53 bits per heavy atom. The van der Waals surface area contributed by atoms with Crippen LogP contribution in [0.15, 0.2) is 5.16 Å². The zero-order chi connectivity index (χ0) is 12.6. The SMILES string of the molecule is Cn1nc(CF)c(C(S)C2=NOC(C)(C)C2)n1. The van der Waals surface area contributed by atoms with E-state index in [9.17, 15) is 4.39 Å². The molecule has 2 heterocycles. The lowest BCUT2D eigenvalue weighted by Gasteiger charge is -2.14. The molecule has 1 aromatic heterocycles. The van der Waals surface area contributed by atoms with Crippen molar-refractivity contribution in [3.05, 3.63) is 11.4 Å². The van der Waals surface area contributed by atoms with Crippen molar-refractivity contribution in [3.8, 4) is 0 Å². The summed E-state index contributed by atoms with van der Waals surface area (Å²) in [5, 5.41) is 11.7. The summed E-state index contributed by atoms with van der Waals surface area (Å²) in [6.45, 7) is 3.23. The molecule has 0 fully saturated rings. The summed E-state index contributed by atoms with van der Waals surface area (Å²) >= 11 is 4.44. The van der Waals surface area contributed by atoms with E-state index in [-0.39, 0.29) is 10.9 Å². The highest BCUT2D eigenvalue weighted by molar-refractivity contribution is 7.81. The Bertz CT molecular complexity index is 457. The first-order chi connectivity index (χ1) is 7.93. The van der Waals surface area contributed by atoms with Crippen LogP contribution in [-0.2, 0) is 18.6 Å². The number of hydrogen-bond donors (Lipinski definition) is 1. The van der Waals surface area contributed by atoms with Gasteiger partial charge in [0.25, 0.3) is 0 Å². The van der Waals surface area contributed by atoms with Crippen molar-refractivity contribution >= 4 is 18.3 Å². The molecule has 7 heteroatoms. The highest BCUT2D eigenvalue weighted by Gasteiger charge is 2.34. The van der Waals surface area contributed by atoms with E-state index in [1.807, 2.05) is 13.8 Å².